The number of aromatic amines is 1. The summed E-state index contributed by atoms with van der Waals surface area (Å²) in [5, 5.41) is 23.7. The molecule has 1 aliphatic carbocycles. The van der Waals surface area contributed by atoms with Gasteiger partial charge in [0.1, 0.15) is 11.5 Å². The molecule has 1 amide bonds. The highest BCUT2D eigenvalue weighted by Gasteiger charge is 2.36. The standard InChI is InChI=1S/C19H20FN5O2/c1-25-10-13(9-21-25)18(12-6-15(26)7-12)22-19(27)17-8-16(23-24-17)11-2-4-14(20)5-3-11/h2-5,8-10,12,15,18,26H,6-7H2,1H3,(H,22,27)(H,23,24)/t12?,15?,18-/m0/s1. The third-order valence-electron chi connectivity index (χ3n) is 4.95. The predicted octanol–water partition coefficient (Wildman–Crippen LogP) is 2.19. The maximum atomic E-state index is 13.1. The number of hydrogen-bond acceptors (Lipinski definition) is 4. The molecule has 1 fully saturated rings. The Morgan fingerprint density at radius 1 is 1.37 bits per heavy atom. The molecule has 8 heteroatoms. The van der Waals surface area contributed by atoms with Crippen LogP contribution < -0.4 is 5.32 Å². The molecule has 3 aromatic rings. The Hall–Kier alpha value is -3.00. The number of rotatable bonds is 5. The molecule has 1 aliphatic rings. The second-order valence-electron chi connectivity index (χ2n) is 6.96. The van der Waals surface area contributed by atoms with Crippen LogP contribution in [0.4, 0.5) is 4.39 Å². The molecular formula is C19H20FN5O2. The molecule has 0 spiro atoms. The van der Waals surface area contributed by atoms with Gasteiger partial charge in [0.15, 0.2) is 0 Å². The number of nitrogens with zero attached hydrogens (tertiary/aromatic N) is 3. The van der Waals surface area contributed by atoms with Gasteiger partial charge in [-0.25, -0.2) is 4.39 Å². The summed E-state index contributed by atoms with van der Waals surface area (Å²) in [5.41, 5.74) is 2.51. The Morgan fingerprint density at radius 2 is 2.11 bits per heavy atom. The van der Waals surface area contributed by atoms with Gasteiger partial charge in [-0.2, -0.15) is 10.2 Å². The van der Waals surface area contributed by atoms with Gasteiger partial charge in [-0.05, 0) is 49.1 Å². The summed E-state index contributed by atoms with van der Waals surface area (Å²) in [6.45, 7) is 0. The van der Waals surface area contributed by atoms with Crippen LogP contribution >= 0.6 is 0 Å². The van der Waals surface area contributed by atoms with Crippen LogP contribution in [0.2, 0.25) is 0 Å². The van der Waals surface area contributed by atoms with E-state index in [4.69, 9.17) is 0 Å². The molecule has 0 unspecified atom stereocenters. The van der Waals surface area contributed by atoms with E-state index in [2.05, 4.69) is 20.6 Å². The summed E-state index contributed by atoms with van der Waals surface area (Å²) in [5.74, 6) is -0.451. The molecular weight excluding hydrogens is 349 g/mol. The number of aromatic nitrogens is 4. The molecule has 1 saturated carbocycles. The summed E-state index contributed by atoms with van der Waals surface area (Å²) >= 11 is 0. The van der Waals surface area contributed by atoms with Crippen molar-refractivity contribution < 1.29 is 14.3 Å². The van der Waals surface area contributed by atoms with Crippen molar-refractivity contribution in [1.29, 1.82) is 0 Å². The van der Waals surface area contributed by atoms with Crippen molar-refractivity contribution in [1.82, 2.24) is 25.3 Å². The van der Waals surface area contributed by atoms with Crippen LogP contribution in [0.5, 0.6) is 0 Å². The Kier molecular flexibility index (Phi) is 4.49. The van der Waals surface area contributed by atoms with Crippen LogP contribution in [0.3, 0.4) is 0 Å². The van der Waals surface area contributed by atoms with E-state index in [1.165, 1.54) is 12.1 Å². The molecule has 1 aromatic carbocycles. The number of benzene rings is 1. The highest BCUT2D eigenvalue weighted by Crippen LogP contribution is 2.38. The Labute approximate surface area is 155 Å². The second kappa shape index (κ2) is 6.96. The van der Waals surface area contributed by atoms with E-state index in [-0.39, 0.29) is 29.8 Å². The Balaban J connectivity index is 1.52. The number of hydrogen-bond donors (Lipinski definition) is 3. The number of aliphatic hydroxyl groups is 1. The van der Waals surface area contributed by atoms with Crippen molar-refractivity contribution in [3.05, 3.63) is 59.8 Å². The van der Waals surface area contributed by atoms with Crippen LogP contribution in [0.1, 0.15) is 34.9 Å². The van der Waals surface area contributed by atoms with Gasteiger partial charge in [-0.1, -0.05) is 0 Å². The number of amides is 1. The van der Waals surface area contributed by atoms with E-state index in [9.17, 15) is 14.3 Å². The van der Waals surface area contributed by atoms with Crippen molar-refractivity contribution >= 4 is 5.91 Å². The lowest BCUT2D eigenvalue weighted by Crippen LogP contribution is -2.41. The number of halogens is 1. The van der Waals surface area contributed by atoms with Gasteiger partial charge in [-0.3, -0.25) is 14.6 Å². The molecule has 2 aromatic heterocycles. The van der Waals surface area contributed by atoms with Gasteiger partial charge in [0.2, 0.25) is 0 Å². The van der Waals surface area contributed by atoms with E-state index in [1.54, 1.807) is 29.1 Å². The highest BCUT2D eigenvalue weighted by atomic mass is 19.1. The van der Waals surface area contributed by atoms with Gasteiger partial charge >= 0.3 is 0 Å². The minimum atomic E-state index is -0.325. The third-order valence-corrected chi connectivity index (χ3v) is 4.95. The van der Waals surface area contributed by atoms with Crippen LogP contribution in [-0.4, -0.2) is 37.1 Å². The summed E-state index contributed by atoms with van der Waals surface area (Å²) in [6, 6.07) is 7.34. The summed E-state index contributed by atoms with van der Waals surface area (Å²) in [4.78, 5) is 12.7. The fraction of sp³-hybridized carbons (Fsp3) is 0.316. The number of carbonyl (C=O) groups excluding carboxylic acids is 1. The molecule has 7 nitrogen and oxygen atoms in total. The topological polar surface area (TPSA) is 95.8 Å². The smallest absolute Gasteiger partial charge is 0.269 e. The largest absolute Gasteiger partial charge is 0.393 e. The van der Waals surface area contributed by atoms with E-state index >= 15 is 0 Å². The minimum Gasteiger partial charge on any atom is -0.393 e. The third kappa shape index (κ3) is 3.61. The fourth-order valence-electron chi connectivity index (χ4n) is 3.40. The lowest BCUT2D eigenvalue weighted by molar-refractivity contribution is 0.0234. The first-order chi connectivity index (χ1) is 13.0. The van der Waals surface area contributed by atoms with Crippen LogP contribution in [-0.2, 0) is 7.05 Å². The van der Waals surface area contributed by atoms with Crippen molar-refractivity contribution in [3.63, 3.8) is 0 Å². The summed E-state index contributed by atoms with van der Waals surface area (Å²) in [6.07, 6.45) is 4.56. The van der Waals surface area contributed by atoms with Crippen molar-refractivity contribution in [2.24, 2.45) is 13.0 Å². The minimum absolute atomic E-state index is 0.160. The average Bonchev–Trinajstić information content (AvgIpc) is 3.27. The van der Waals surface area contributed by atoms with E-state index in [0.29, 0.717) is 24.2 Å². The molecule has 0 aliphatic heterocycles. The first-order valence-corrected chi connectivity index (χ1v) is 8.78. The zero-order valence-electron chi connectivity index (χ0n) is 14.8. The SMILES string of the molecule is Cn1cc([C@@H](NC(=O)c2cc(-c3ccc(F)cc3)n[nH]2)C2CC(O)C2)cn1. The van der Waals surface area contributed by atoms with Crippen LogP contribution in [0, 0.1) is 11.7 Å². The number of aryl methyl sites for hydroxylation is 1. The van der Waals surface area contributed by atoms with E-state index in [1.807, 2.05) is 13.2 Å². The molecule has 0 bridgehead atoms. The highest BCUT2D eigenvalue weighted by molar-refractivity contribution is 5.93. The van der Waals surface area contributed by atoms with Gasteiger partial charge in [0.05, 0.1) is 24.0 Å². The average molecular weight is 369 g/mol. The summed E-state index contributed by atoms with van der Waals surface area (Å²) < 4.78 is 14.8. The second-order valence-corrected chi connectivity index (χ2v) is 6.96. The molecule has 4 rings (SSSR count). The zero-order chi connectivity index (χ0) is 19.0. The molecule has 140 valence electrons. The first kappa shape index (κ1) is 17.4. The fourth-order valence-corrected chi connectivity index (χ4v) is 3.40. The number of H-pyrrole nitrogens is 1. The van der Waals surface area contributed by atoms with E-state index in [0.717, 1.165) is 11.1 Å². The maximum Gasteiger partial charge on any atom is 0.269 e. The molecule has 27 heavy (non-hydrogen) atoms. The Bertz CT molecular complexity index is 943. The molecule has 0 radical (unpaired) electrons. The number of aliphatic hydroxyl groups excluding tert-OH is 1. The quantitative estimate of drug-likeness (QED) is 0.642. The number of nitrogens with one attached hydrogen (secondary N) is 2. The number of carbonyl (C=O) groups is 1. The molecule has 1 atom stereocenters. The van der Waals surface area contributed by atoms with Crippen LogP contribution in [0.15, 0.2) is 42.7 Å². The van der Waals surface area contributed by atoms with Crippen LogP contribution in [0.25, 0.3) is 11.3 Å². The van der Waals surface area contributed by atoms with Gasteiger partial charge in [0.25, 0.3) is 5.91 Å². The van der Waals surface area contributed by atoms with Gasteiger partial charge in [-0.15, -0.1) is 0 Å². The van der Waals surface area contributed by atoms with Gasteiger partial charge < -0.3 is 10.4 Å². The predicted molar refractivity (Wildman–Crippen MR) is 96.1 cm³/mol. The first-order valence-electron chi connectivity index (χ1n) is 8.78. The van der Waals surface area contributed by atoms with Crippen molar-refractivity contribution in [2.75, 3.05) is 0 Å². The van der Waals surface area contributed by atoms with Gasteiger partial charge in [0, 0.05) is 24.4 Å². The molecule has 0 saturated heterocycles. The normalized spacial score (nSPS) is 20.1. The zero-order valence-corrected chi connectivity index (χ0v) is 14.8. The molecule has 3 N–H and O–H groups in total. The Morgan fingerprint density at radius 3 is 2.74 bits per heavy atom. The van der Waals surface area contributed by atoms with Crippen molar-refractivity contribution in [2.45, 2.75) is 25.0 Å². The monoisotopic (exact) mass is 369 g/mol. The lowest BCUT2D eigenvalue weighted by atomic mass is 9.75. The maximum absolute atomic E-state index is 13.1. The summed E-state index contributed by atoms with van der Waals surface area (Å²) in [7, 11) is 1.82. The molecule has 2 heterocycles. The van der Waals surface area contributed by atoms with Crippen molar-refractivity contribution in [3.8, 4) is 11.3 Å². The van der Waals surface area contributed by atoms with E-state index < -0.39 is 0 Å². The lowest BCUT2D eigenvalue weighted by Gasteiger charge is -2.37.